The fourth-order valence-corrected chi connectivity index (χ4v) is 1.97. The highest BCUT2D eigenvalue weighted by Crippen LogP contribution is 2.29. The van der Waals surface area contributed by atoms with Gasteiger partial charge >= 0.3 is 0 Å². The number of nitrogens with one attached hydrogen (secondary N) is 1. The number of nitrogens with two attached hydrogens (primary N) is 1. The molecular formula is C13H17N3. The maximum atomic E-state index is 8.80. The third-order valence-corrected chi connectivity index (χ3v) is 3.28. The molecule has 84 valence electrons. The van der Waals surface area contributed by atoms with E-state index in [4.69, 9.17) is 11.0 Å². The van der Waals surface area contributed by atoms with Crippen molar-refractivity contribution in [2.75, 3.05) is 17.6 Å². The third-order valence-electron chi connectivity index (χ3n) is 3.28. The Balaban J connectivity index is 1.89. The first-order valence-electron chi connectivity index (χ1n) is 5.83. The molecule has 1 fully saturated rings. The Bertz CT molecular complexity index is 402. The molecule has 16 heavy (non-hydrogen) atoms. The molecule has 2 rings (SSSR count). The van der Waals surface area contributed by atoms with Gasteiger partial charge < -0.3 is 11.1 Å². The molecule has 0 spiro atoms. The van der Waals surface area contributed by atoms with E-state index >= 15 is 0 Å². The zero-order chi connectivity index (χ0) is 11.4. The lowest BCUT2D eigenvalue weighted by Gasteiger charge is -2.25. The smallest absolute Gasteiger partial charge is 0.0992 e. The van der Waals surface area contributed by atoms with E-state index in [9.17, 15) is 0 Å². The van der Waals surface area contributed by atoms with Gasteiger partial charge in [-0.05, 0) is 30.5 Å². The molecule has 1 saturated carbocycles. The molecule has 0 amide bonds. The molecule has 0 unspecified atom stereocenters. The molecule has 1 aliphatic rings. The molecule has 0 heterocycles. The fourth-order valence-electron chi connectivity index (χ4n) is 1.97. The Labute approximate surface area is 96.3 Å². The number of nitrogen functional groups attached to an aromatic ring is 1. The van der Waals surface area contributed by atoms with Gasteiger partial charge in [0, 0.05) is 6.54 Å². The summed E-state index contributed by atoms with van der Waals surface area (Å²) in [6.45, 7) is 0.948. The van der Waals surface area contributed by atoms with Crippen LogP contribution >= 0.6 is 0 Å². The zero-order valence-corrected chi connectivity index (χ0v) is 9.37. The molecule has 0 saturated heterocycles. The van der Waals surface area contributed by atoms with Crippen LogP contribution < -0.4 is 11.1 Å². The lowest BCUT2D eigenvalue weighted by Crippen LogP contribution is -2.16. The van der Waals surface area contributed by atoms with Gasteiger partial charge in [0.1, 0.15) is 0 Å². The highest BCUT2D eigenvalue weighted by atomic mass is 14.9. The van der Waals surface area contributed by atoms with Crippen LogP contribution in [-0.4, -0.2) is 6.54 Å². The Morgan fingerprint density at radius 2 is 2.25 bits per heavy atom. The van der Waals surface area contributed by atoms with Crippen molar-refractivity contribution in [3.05, 3.63) is 23.8 Å². The minimum absolute atomic E-state index is 0.653. The van der Waals surface area contributed by atoms with E-state index < -0.39 is 0 Å². The van der Waals surface area contributed by atoms with Crippen LogP contribution in [0.2, 0.25) is 0 Å². The van der Waals surface area contributed by atoms with E-state index in [0.29, 0.717) is 11.3 Å². The Morgan fingerprint density at radius 1 is 1.44 bits per heavy atom. The molecule has 3 nitrogen and oxygen atoms in total. The van der Waals surface area contributed by atoms with Crippen molar-refractivity contribution in [3.63, 3.8) is 0 Å². The lowest BCUT2D eigenvalue weighted by molar-refractivity contribution is 0.303. The van der Waals surface area contributed by atoms with Crippen LogP contribution in [0.1, 0.15) is 31.2 Å². The van der Waals surface area contributed by atoms with E-state index in [1.54, 1.807) is 12.1 Å². The summed E-state index contributed by atoms with van der Waals surface area (Å²) in [4.78, 5) is 0. The van der Waals surface area contributed by atoms with Gasteiger partial charge in [0.05, 0.1) is 23.0 Å². The average Bonchev–Trinajstić information content (AvgIpc) is 2.24. The number of rotatable bonds is 4. The van der Waals surface area contributed by atoms with E-state index in [-0.39, 0.29) is 0 Å². The van der Waals surface area contributed by atoms with Gasteiger partial charge in [-0.1, -0.05) is 19.3 Å². The second-order valence-electron chi connectivity index (χ2n) is 4.43. The van der Waals surface area contributed by atoms with Gasteiger partial charge in [-0.2, -0.15) is 5.26 Å². The molecule has 0 atom stereocenters. The summed E-state index contributed by atoms with van der Waals surface area (Å²) in [6, 6.07) is 7.46. The quantitative estimate of drug-likeness (QED) is 0.759. The van der Waals surface area contributed by atoms with Gasteiger partial charge in [-0.15, -0.1) is 0 Å². The van der Waals surface area contributed by atoms with Crippen molar-refractivity contribution >= 4 is 11.4 Å². The van der Waals surface area contributed by atoms with Crippen LogP contribution in [0.15, 0.2) is 18.2 Å². The predicted molar refractivity (Wildman–Crippen MR) is 66.0 cm³/mol. The molecule has 1 aromatic rings. The molecule has 1 aliphatic carbocycles. The minimum atomic E-state index is 0.653. The molecular weight excluding hydrogens is 198 g/mol. The first-order valence-corrected chi connectivity index (χ1v) is 5.83. The van der Waals surface area contributed by atoms with Crippen LogP contribution in [0, 0.1) is 17.2 Å². The van der Waals surface area contributed by atoms with Crippen LogP contribution in [0.4, 0.5) is 11.4 Å². The number of nitriles is 1. The molecule has 0 aliphatic heterocycles. The highest BCUT2D eigenvalue weighted by Gasteiger charge is 2.16. The van der Waals surface area contributed by atoms with Gasteiger partial charge in [-0.25, -0.2) is 0 Å². The topological polar surface area (TPSA) is 61.8 Å². The monoisotopic (exact) mass is 215 g/mol. The number of hydrogen-bond acceptors (Lipinski definition) is 3. The number of benzene rings is 1. The van der Waals surface area contributed by atoms with Crippen LogP contribution in [0.3, 0.4) is 0 Å². The summed E-state index contributed by atoms with van der Waals surface area (Å²) in [7, 11) is 0. The van der Waals surface area contributed by atoms with Crippen molar-refractivity contribution in [1.82, 2.24) is 0 Å². The van der Waals surface area contributed by atoms with Gasteiger partial charge in [0.25, 0.3) is 0 Å². The van der Waals surface area contributed by atoms with Gasteiger partial charge in [-0.3, -0.25) is 0 Å². The molecule has 3 heteroatoms. The minimum Gasteiger partial charge on any atom is -0.397 e. The molecule has 3 N–H and O–H groups in total. The highest BCUT2D eigenvalue weighted by molar-refractivity contribution is 5.68. The third kappa shape index (κ3) is 2.46. The Hall–Kier alpha value is -1.69. The largest absolute Gasteiger partial charge is 0.397 e. The summed E-state index contributed by atoms with van der Waals surface area (Å²) in [5.74, 6) is 0.896. The molecule has 0 aromatic heterocycles. The molecule has 0 bridgehead atoms. The summed E-state index contributed by atoms with van der Waals surface area (Å²) in [5, 5.41) is 12.1. The predicted octanol–water partition coefficient (Wildman–Crippen LogP) is 2.74. The standard InChI is InChI=1S/C13H17N3/c14-9-11-4-5-12(15)13(8-11)16-7-6-10-2-1-3-10/h4-5,8,10,16H,1-3,6-7,15H2. The van der Waals surface area contributed by atoms with Crippen molar-refractivity contribution in [1.29, 1.82) is 5.26 Å². The second-order valence-corrected chi connectivity index (χ2v) is 4.43. The van der Waals surface area contributed by atoms with E-state index in [2.05, 4.69) is 11.4 Å². The number of anilines is 2. The average molecular weight is 215 g/mol. The lowest BCUT2D eigenvalue weighted by atomic mass is 9.83. The summed E-state index contributed by atoms with van der Waals surface area (Å²) in [6.07, 6.45) is 5.33. The van der Waals surface area contributed by atoms with Gasteiger partial charge in [0.2, 0.25) is 0 Å². The maximum Gasteiger partial charge on any atom is 0.0992 e. The van der Waals surface area contributed by atoms with Gasteiger partial charge in [0.15, 0.2) is 0 Å². The van der Waals surface area contributed by atoms with Crippen LogP contribution in [-0.2, 0) is 0 Å². The SMILES string of the molecule is N#Cc1ccc(N)c(NCCC2CCC2)c1. The first kappa shape index (κ1) is 10.8. The Morgan fingerprint density at radius 3 is 2.88 bits per heavy atom. The van der Waals surface area contributed by atoms with Crippen LogP contribution in [0.5, 0.6) is 0 Å². The normalized spacial score (nSPS) is 15.2. The second kappa shape index (κ2) is 4.89. The summed E-state index contributed by atoms with van der Waals surface area (Å²) < 4.78 is 0. The van der Waals surface area contributed by atoms with E-state index in [1.807, 2.05) is 6.07 Å². The number of nitrogens with zero attached hydrogens (tertiary/aromatic N) is 1. The molecule has 1 aromatic carbocycles. The summed E-state index contributed by atoms with van der Waals surface area (Å²) >= 11 is 0. The first-order chi connectivity index (χ1) is 7.79. The van der Waals surface area contributed by atoms with Crippen molar-refractivity contribution < 1.29 is 0 Å². The van der Waals surface area contributed by atoms with E-state index in [0.717, 1.165) is 18.2 Å². The number of hydrogen-bond donors (Lipinski definition) is 2. The van der Waals surface area contributed by atoms with Crippen molar-refractivity contribution in [3.8, 4) is 6.07 Å². The zero-order valence-electron chi connectivity index (χ0n) is 9.37. The van der Waals surface area contributed by atoms with Crippen molar-refractivity contribution in [2.45, 2.75) is 25.7 Å². The molecule has 0 radical (unpaired) electrons. The summed E-state index contributed by atoms with van der Waals surface area (Å²) in [5.41, 5.74) is 8.09. The maximum absolute atomic E-state index is 8.80. The van der Waals surface area contributed by atoms with Crippen molar-refractivity contribution in [2.24, 2.45) is 5.92 Å². The van der Waals surface area contributed by atoms with Crippen LogP contribution in [0.25, 0.3) is 0 Å². The Kier molecular flexibility index (Phi) is 3.31. The fraction of sp³-hybridized carbons (Fsp3) is 0.462. The van der Waals surface area contributed by atoms with E-state index in [1.165, 1.54) is 25.7 Å².